The predicted molar refractivity (Wildman–Crippen MR) is 52.6 cm³/mol. The lowest BCUT2D eigenvalue weighted by Gasteiger charge is -2.13. The molecule has 0 saturated heterocycles. The Kier molecular flexibility index (Phi) is 3.74. The minimum Gasteiger partial charge on any atom is -0.478 e. The summed E-state index contributed by atoms with van der Waals surface area (Å²) in [5.74, 6) is -0.856. The molecule has 0 spiro atoms. The fourth-order valence-corrected chi connectivity index (χ4v) is 1.71. The molecule has 0 radical (unpaired) electrons. The predicted octanol–water partition coefficient (Wildman–Crippen LogP) is 2.91. The molecule has 1 rings (SSSR count). The number of carbonyl (C=O) groups is 1. The Hall–Kier alpha value is -1.05. The molecule has 1 fully saturated rings. The van der Waals surface area contributed by atoms with Crippen LogP contribution in [0.2, 0.25) is 0 Å². The van der Waals surface area contributed by atoms with E-state index in [1.54, 1.807) is 0 Å². The van der Waals surface area contributed by atoms with Gasteiger partial charge in [0, 0.05) is 6.08 Å². The highest BCUT2D eigenvalue weighted by molar-refractivity contribution is 5.81. The van der Waals surface area contributed by atoms with Gasteiger partial charge < -0.3 is 5.11 Å². The van der Waals surface area contributed by atoms with Crippen LogP contribution in [-0.4, -0.2) is 11.1 Å². The number of hydrogen-bond donors (Lipinski definition) is 1. The van der Waals surface area contributed by atoms with Crippen molar-refractivity contribution in [2.24, 2.45) is 0 Å². The van der Waals surface area contributed by atoms with Gasteiger partial charge in [0.15, 0.2) is 0 Å². The van der Waals surface area contributed by atoms with Gasteiger partial charge in [-0.05, 0) is 38.2 Å². The monoisotopic (exact) mass is 180 g/mol. The second kappa shape index (κ2) is 4.85. The highest BCUT2D eigenvalue weighted by Crippen LogP contribution is 2.23. The van der Waals surface area contributed by atoms with E-state index in [4.69, 9.17) is 5.11 Å². The van der Waals surface area contributed by atoms with Gasteiger partial charge in [-0.3, -0.25) is 0 Å². The molecule has 2 heteroatoms. The van der Waals surface area contributed by atoms with Gasteiger partial charge in [-0.15, -0.1) is 0 Å². The highest BCUT2D eigenvalue weighted by Gasteiger charge is 2.04. The van der Waals surface area contributed by atoms with Crippen LogP contribution in [0.25, 0.3) is 0 Å². The summed E-state index contributed by atoms with van der Waals surface area (Å²) in [4.78, 5) is 10.3. The van der Waals surface area contributed by atoms with E-state index >= 15 is 0 Å². The Morgan fingerprint density at radius 1 is 1.31 bits per heavy atom. The normalized spacial score (nSPS) is 18.5. The molecule has 1 aliphatic carbocycles. The van der Waals surface area contributed by atoms with E-state index < -0.39 is 5.97 Å². The Morgan fingerprint density at radius 3 is 2.46 bits per heavy atom. The summed E-state index contributed by atoms with van der Waals surface area (Å²) < 4.78 is 0. The van der Waals surface area contributed by atoms with Crippen molar-refractivity contribution >= 4 is 5.97 Å². The average Bonchev–Trinajstić information content (AvgIpc) is 2.04. The molecular weight excluding hydrogens is 164 g/mol. The summed E-state index contributed by atoms with van der Waals surface area (Å²) in [5, 5.41) is 8.51. The molecule has 1 N–H and O–H groups in total. The summed E-state index contributed by atoms with van der Waals surface area (Å²) in [6, 6.07) is 0. The molecule has 0 unspecified atom stereocenters. The molecule has 0 aromatic rings. The van der Waals surface area contributed by atoms with Gasteiger partial charge in [0.1, 0.15) is 0 Å². The van der Waals surface area contributed by atoms with Crippen LogP contribution in [0.15, 0.2) is 23.3 Å². The SMILES string of the molecule is CC(=CC(=O)O)C=C1CCCCC1. The molecule has 13 heavy (non-hydrogen) atoms. The van der Waals surface area contributed by atoms with E-state index in [1.807, 2.05) is 13.0 Å². The van der Waals surface area contributed by atoms with Crippen LogP contribution < -0.4 is 0 Å². The lowest BCUT2D eigenvalue weighted by Crippen LogP contribution is -1.95. The van der Waals surface area contributed by atoms with E-state index in [2.05, 4.69) is 0 Å². The Morgan fingerprint density at radius 2 is 1.92 bits per heavy atom. The van der Waals surface area contributed by atoms with Crippen LogP contribution in [0.1, 0.15) is 39.0 Å². The molecule has 0 amide bonds. The van der Waals surface area contributed by atoms with Gasteiger partial charge in [0.25, 0.3) is 0 Å². The van der Waals surface area contributed by atoms with Crippen LogP contribution >= 0.6 is 0 Å². The molecule has 1 aliphatic rings. The Balaban J connectivity index is 2.57. The van der Waals surface area contributed by atoms with E-state index in [1.165, 1.54) is 30.9 Å². The number of allylic oxidation sites excluding steroid dienone is 3. The van der Waals surface area contributed by atoms with Gasteiger partial charge in [-0.2, -0.15) is 0 Å². The van der Waals surface area contributed by atoms with Gasteiger partial charge in [-0.1, -0.05) is 18.1 Å². The largest absolute Gasteiger partial charge is 0.478 e. The van der Waals surface area contributed by atoms with E-state index in [9.17, 15) is 4.79 Å². The maximum Gasteiger partial charge on any atom is 0.328 e. The third kappa shape index (κ3) is 3.92. The smallest absolute Gasteiger partial charge is 0.328 e. The maximum atomic E-state index is 10.3. The van der Waals surface area contributed by atoms with Crippen LogP contribution in [-0.2, 0) is 4.79 Å². The molecule has 0 heterocycles. The average molecular weight is 180 g/mol. The number of carboxylic acids is 1. The molecular formula is C11H16O2. The van der Waals surface area contributed by atoms with Crippen LogP contribution in [0.4, 0.5) is 0 Å². The Labute approximate surface area is 79.0 Å². The third-order valence-electron chi connectivity index (χ3n) is 2.28. The first kappa shape index (κ1) is 10.0. The number of aliphatic carboxylic acids is 1. The molecule has 0 atom stereocenters. The lowest BCUT2D eigenvalue weighted by molar-refractivity contribution is -0.131. The maximum absolute atomic E-state index is 10.3. The zero-order chi connectivity index (χ0) is 9.68. The molecule has 2 nitrogen and oxygen atoms in total. The molecule has 0 aliphatic heterocycles. The summed E-state index contributed by atoms with van der Waals surface area (Å²) in [6.07, 6.45) is 9.40. The summed E-state index contributed by atoms with van der Waals surface area (Å²) >= 11 is 0. The minimum absolute atomic E-state index is 0.851. The second-order valence-corrected chi connectivity index (χ2v) is 3.59. The van der Waals surface area contributed by atoms with Crippen molar-refractivity contribution in [3.63, 3.8) is 0 Å². The zero-order valence-electron chi connectivity index (χ0n) is 8.05. The lowest BCUT2D eigenvalue weighted by atomic mass is 9.93. The standard InChI is InChI=1S/C11H16O2/c1-9(8-11(12)13)7-10-5-3-2-4-6-10/h7-8H,2-6H2,1H3,(H,12,13). The van der Waals surface area contributed by atoms with Gasteiger partial charge >= 0.3 is 5.97 Å². The second-order valence-electron chi connectivity index (χ2n) is 3.59. The van der Waals surface area contributed by atoms with Crippen molar-refractivity contribution in [3.05, 3.63) is 23.3 Å². The molecule has 1 saturated carbocycles. The fourth-order valence-electron chi connectivity index (χ4n) is 1.71. The van der Waals surface area contributed by atoms with Crippen LogP contribution in [0.5, 0.6) is 0 Å². The molecule has 72 valence electrons. The summed E-state index contributed by atoms with van der Waals surface area (Å²) in [7, 11) is 0. The van der Waals surface area contributed by atoms with Crippen LogP contribution in [0, 0.1) is 0 Å². The Bertz CT molecular complexity index is 241. The van der Waals surface area contributed by atoms with E-state index in [-0.39, 0.29) is 0 Å². The van der Waals surface area contributed by atoms with Crippen molar-refractivity contribution in [1.29, 1.82) is 0 Å². The zero-order valence-corrected chi connectivity index (χ0v) is 8.05. The van der Waals surface area contributed by atoms with E-state index in [0.717, 1.165) is 18.4 Å². The topological polar surface area (TPSA) is 37.3 Å². The summed E-state index contributed by atoms with van der Waals surface area (Å²) in [5.41, 5.74) is 2.26. The first-order chi connectivity index (χ1) is 6.18. The van der Waals surface area contributed by atoms with Gasteiger partial charge in [0.2, 0.25) is 0 Å². The third-order valence-corrected chi connectivity index (χ3v) is 2.28. The van der Waals surface area contributed by atoms with Crippen molar-refractivity contribution < 1.29 is 9.90 Å². The van der Waals surface area contributed by atoms with Gasteiger partial charge in [-0.25, -0.2) is 4.79 Å². The number of rotatable bonds is 2. The quantitative estimate of drug-likeness (QED) is 0.663. The van der Waals surface area contributed by atoms with Crippen molar-refractivity contribution in [3.8, 4) is 0 Å². The first-order valence-corrected chi connectivity index (χ1v) is 4.79. The summed E-state index contributed by atoms with van der Waals surface area (Å²) in [6.45, 7) is 1.84. The van der Waals surface area contributed by atoms with Gasteiger partial charge in [0.05, 0.1) is 0 Å². The van der Waals surface area contributed by atoms with Crippen LogP contribution in [0.3, 0.4) is 0 Å². The van der Waals surface area contributed by atoms with E-state index in [0.29, 0.717) is 0 Å². The number of carboxylic acid groups (broad SMARTS) is 1. The molecule has 0 aromatic carbocycles. The van der Waals surface area contributed by atoms with Crippen molar-refractivity contribution in [2.45, 2.75) is 39.0 Å². The first-order valence-electron chi connectivity index (χ1n) is 4.79. The highest BCUT2D eigenvalue weighted by atomic mass is 16.4. The minimum atomic E-state index is -0.856. The van der Waals surface area contributed by atoms with Crippen molar-refractivity contribution in [1.82, 2.24) is 0 Å². The molecule has 0 bridgehead atoms. The molecule has 0 aromatic heterocycles. The number of hydrogen-bond acceptors (Lipinski definition) is 1. The fraction of sp³-hybridized carbons (Fsp3) is 0.545. The van der Waals surface area contributed by atoms with Crippen molar-refractivity contribution in [2.75, 3.05) is 0 Å².